The second-order valence-electron chi connectivity index (χ2n) is 5.18. The minimum Gasteiger partial charge on any atom is -0.508 e. The van der Waals surface area contributed by atoms with E-state index in [0.717, 1.165) is 18.4 Å². The van der Waals surface area contributed by atoms with Crippen molar-refractivity contribution in [2.75, 3.05) is 0 Å². The Morgan fingerprint density at radius 3 is 2.36 bits per heavy atom. The third kappa shape index (κ3) is 3.41. The van der Waals surface area contributed by atoms with E-state index in [1.165, 1.54) is 5.56 Å². The summed E-state index contributed by atoms with van der Waals surface area (Å²) in [6, 6.07) is 5.95. The molecule has 0 aliphatic rings. The maximum atomic E-state index is 9.53. The summed E-state index contributed by atoms with van der Waals surface area (Å²) in [5.41, 5.74) is 2.54. The van der Waals surface area contributed by atoms with Crippen molar-refractivity contribution in [2.24, 2.45) is 5.41 Å². The maximum absolute atomic E-state index is 9.53. The second kappa shape index (κ2) is 4.04. The lowest BCUT2D eigenvalue weighted by atomic mass is 9.88. The van der Waals surface area contributed by atoms with Crippen molar-refractivity contribution in [3.63, 3.8) is 0 Å². The first-order valence-corrected chi connectivity index (χ1v) is 5.17. The standard InChI is InChI=1S/C13H20O/c1-10-5-6-11(9-12(10)14)7-8-13(2,3)4/h5-6,9,14H,7-8H2,1-4H3. The van der Waals surface area contributed by atoms with Gasteiger partial charge in [-0.1, -0.05) is 32.9 Å². The third-order valence-electron chi connectivity index (χ3n) is 2.44. The Labute approximate surface area is 86.8 Å². The molecule has 0 radical (unpaired) electrons. The summed E-state index contributed by atoms with van der Waals surface area (Å²) < 4.78 is 0. The van der Waals surface area contributed by atoms with E-state index in [1.54, 1.807) is 0 Å². The molecule has 0 heterocycles. The average molecular weight is 192 g/mol. The molecule has 1 aromatic rings. The zero-order chi connectivity index (χ0) is 10.8. The molecule has 1 N–H and O–H groups in total. The van der Waals surface area contributed by atoms with Crippen LogP contribution in [0, 0.1) is 12.3 Å². The van der Waals surface area contributed by atoms with Gasteiger partial charge in [0.1, 0.15) is 5.75 Å². The third-order valence-corrected chi connectivity index (χ3v) is 2.44. The Morgan fingerprint density at radius 1 is 1.21 bits per heavy atom. The van der Waals surface area contributed by atoms with Crippen LogP contribution < -0.4 is 0 Å². The van der Waals surface area contributed by atoms with E-state index in [-0.39, 0.29) is 0 Å². The van der Waals surface area contributed by atoms with Crippen LogP contribution in [0.4, 0.5) is 0 Å². The summed E-state index contributed by atoms with van der Waals surface area (Å²) in [6.45, 7) is 8.63. The zero-order valence-corrected chi connectivity index (χ0v) is 9.59. The average Bonchev–Trinajstić information content (AvgIpc) is 2.06. The zero-order valence-electron chi connectivity index (χ0n) is 9.59. The molecule has 0 aliphatic carbocycles. The smallest absolute Gasteiger partial charge is 0.118 e. The minimum absolute atomic E-state index is 0.362. The van der Waals surface area contributed by atoms with Gasteiger partial charge in [0.25, 0.3) is 0 Å². The van der Waals surface area contributed by atoms with Gasteiger partial charge in [0.2, 0.25) is 0 Å². The molecule has 1 nitrogen and oxygen atoms in total. The number of rotatable bonds is 2. The van der Waals surface area contributed by atoms with Gasteiger partial charge in [0.15, 0.2) is 0 Å². The first-order valence-electron chi connectivity index (χ1n) is 5.17. The first-order chi connectivity index (χ1) is 6.38. The van der Waals surface area contributed by atoms with Crippen LogP contribution in [-0.4, -0.2) is 5.11 Å². The first kappa shape index (κ1) is 11.1. The molecule has 0 saturated heterocycles. The van der Waals surface area contributed by atoms with Crippen molar-refractivity contribution in [1.29, 1.82) is 0 Å². The van der Waals surface area contributed by atoms with Crippen molar-refractivity contribution in [2.45, 2.75) is 40.5 Å². The van der Waals surface area contributed by atoms with Gasteiger partial charge >= 0.3 is 0 Å². The van der Waals surface area contributed by atoms with E-state index >= 15 is 0 Å². The molecule has 0 amide bonds. The van der Waals surface area contributed by atoms with E-state index in [4.69, 9.17) is 0 Å². The molecule has 0 spiro atoms. The highest BCUT2D eigenvalue weighted by atomic mass is 16.3. The topological polar surface area (TPSA) is 20.2 Å². The summed E-state index contributed by atoms with van der Waals surface area (Å²) in [5.74, 6) is 0.413. The molecular weight excluding hydrogens is 172 g/mol. The highest BCUT2D eigenvalue weighted by molar-refractivity contribution is 5.35. The lowest BCUT2D eigenvalue weighted by molar-refractivity contribution is 0.377. The van der Waals surface area contributed by atoms with Crippen LogP contribution in [0.5, 0.6) is 5.75 Å². The predicted molar refractivity (Wildman–Crippen MR) is 60.6 cm³/mol. The van der Waals surface area contributed by atoms with E-state index in [1.807, 2.05) is 19.1 Å². The molecule has 0 aromatic heterocycles. The molecule has 78 valence electrons. The molecule has 14 heavy (non-hydrogen) atoms. The Balaban J connectivity index is 2.65. The van der Waals surface area contributed by atoms with Crippen LogP contribution in [0.25, 0.3) is 0 Å². The number of benzene rings is 1. The fraction of sp³-hybridized carbons (Fsp3) is 0.538. The molecule has 1 heteroatoms. The quantitative estimate of drug-likeness (QED) is 0.757. The normalized spacial score (nSPS) is 11.7. The van der Waals surface area contributed by atoms with Gasteiger partial charge in [0, 0.05) is 0 Å². The Kier molecular flexibility index (Phi) is 3.20. The summed E-state index contributed by atoms with van der Waals surface area (Å²) >= 11 is 0. The molecule has 0 atom stereocenters. The fourth-order valence-electron chi connectivity index (χ4n) is 1.33. The van der Waals surface area contributed by atoms with Crippen LogP contribution in [0.2, 0.25) is 0 Å². The maximum Gasteiger partial charge on any atom is 0.118 e. The number of hydrogen-bond acceptors (Lipinski definition) is 1. The Morgan fingerprint density at radius 2 is 1.86 bits per heavy atom. The molecular formula is C13H20O. The number of hydrogen-bond donors (Lipinski definition) is 1. The lowest BCUT2D eigenvalue weighted by Gasteiger charge is -2.17. The van der Waals surface area contributed by atoms with Crippen LogP contribution in [0.1, 0.15) is 38.3 Å². The number of aryl methyl sites for hydroxylation is 2. The van der Waals surface area contributed by atoms with Crippen molar-refractivity contribution < 1.29 is 5.11 Å². The van der Waals surface area contributed by atoms with Gasteiger partial charge in [-0.15, -0.1) is 0 Å². The molecule has 1 aromatic carbocycles. The summed E-state index contributed by atoms with van der Waals surface area (Å²) in [5, 5.41) is 9.53. The van der Waals surface area contributed by atoms with Crippen molar-refractivity contribution in [1.82, 2.24) is 0 Å². The molecule has 0 bridgehead atoms. The molecule has 0 aliphatic heterocycles. The highest BCUT2D eigenvalue weighted by Crippen LogP contribution is 2.24. The van der Waals surface area contributed by atoms with E-state index in [9.17, 15) is 5.11 Å². The lowest BCUT2D eigenvalue weighted by Crippen LogP contribution is -2.06. The summed E-state index contributed by atoms with van der Waals surface area (Å²) in [4.78, 5) is 0. The van der Waals surface area contributed by atoms with Gasteiger partial charge in [-0.05, 0) is 42.4 Å². The van der Waals surface area contributed by atoms with Crippen molar-refractivity contribution >= 4 is 0 Å². The predicted octanol–water partition coefficient (Wildman–Crippen LogP) is 3.68. The SMILES string of the molecule is Cc1ccc(CCC(C)(C)C)cc1O. The van der Waals surface area contributed by atoms with Crippen LogP contribution >= 0.6 is 0 Å². The number of phenols is 1. The van der Waals surface area contributed by atoms with E-state index < -0.39 is 0 Å². The van der Waals surface area contributed by atoms with Gasteiger partial charge in [0.05, 0.1) is 0 Å². The second-order valence-corrected chi connectivity index (χ2v) is 5.18. The van der Waals surface area contributed by atoms with E-state index in [2.05, 4.69) is 26.8 Å². The highest BCUT2D eigenvalue weighted by Gasteiger charge is 2.10. The minimum atomic E-state index is 0.362. The number of aromatic hydroxyl groups is 1. The summed E-state index contributed by atoms with van der Waals surface area (Å²) in [6.07, 6.45) is 2.19. The molecule has 0 unspecified atom stereocenters. The van der Waals surface area contributed by atoms with Crippen molar-refractivity contribution in [3.8, 4) is 5.75 Å². The van der Waals surface area contributed by atoms with Crippen molar-refractivity contribution in [3.05, 3.63) is 29.3 Å². The van der Waals surface area contributed by atoms with Crippen LogP contribution in [0.3, 0.4) is 0 Å². The van der Waals surface area contributed by atoms with E-state index in [0.29, 0.717) is 11.2 Å². The summed E-state index contributed by atoms with van der Waals surface area (Å²) in [7, 11) is 0. The molecule has 0 fully saturated rings. The van der Waals surface area contributed by atoms with Gasteiger partial charge in [-0.2, -0.15) is 0 Å². The monoisotopic (exact) mass is 192 g/mol. The number of phenolic OH excluding ortho intramolecular Hbond substituents is 1. The van der Waals surface area contributed by atoms with Crippen LogP contribution in [-0.2, 0) is 6.42 Å². The van der Waals surface area contributed by atoms with Crippen LogP contribution in [0.15, 0.2) is 18.2 Å². The largest absolute Gasteiger partial charge is 0.508 e. The molecule has 1 rings (SSSR count). The fourth-order valence-corrected chi connectivity index (χ4v) is 1.33. The van der Waals surface area contributed by atoms with Gasteiger partial charge in [-0.3, -0.25) is 0 Å². The molecule has 0 saturated carbocycles. The van der Waals surface area contributed by atoms with Gasteiger partial charge < -0.3 is 5.11 Å². The Hall–Kier alpha value is -0.980. The van der Waals surface area contributed by atoms with Gasteiger partial charge in [-0.25, -0.2) is 0 Å². The Bertz CT molecular complexity index is 308.